The van der Waals surface area contributed by atoms with Crippen LogP contribution in [0.3, 0.4) is 0 Å². The molecule has 2 N–H and O–H groups in total. The Morgan fingerprint density at radius 1 is 1.27 bits per heavy atom. The summed E-state index contributed by atoms with van der Waals surface area (Å²) >= 11 is 0. The molecule has 26 heavy (non-hydrogen) atoms. The van der Waals surface area contributed by atoms with Crippen molar-refractivity contribution in [1.29, 1.82) is 0 Å². The molecule has 0 amide bonds. The fraction of sp³-hybridized carbons (Fsp3) is 0.682. The van der Waals surface area contributed by atoms with Crippen LogP contribution in [-0.2, 0) is 10.2 Å². The molecule has 1 saturated carbocycles. The fourth-order valence-electron chi connectivity index (χ4n) is 5.55. The van der Waals surface area contributed by atoms with Gasteiger partial charge in [-0.2, -0.15) is 0 Å². The number of hydrogen-bond acceptors (Lipinski definition) is 4. The van der Waals surface area contributed by atoms with Crippen LogP contribution in [0.1, 0.15) is 92.8 Å². The Morgan fingerprint density at radius 3 is 2.69 bits per heavy atom. The summed E-state index contributed by atoms with van der Waals surface area (Å²) in [5, 5.41) is 21.8. The second-order valence-electron chi connectivity index (χ2n) is 8.27. The van der Waals surface area contributed by atoms with E-state index in [0.29, 0.717) is 17.9 Å². The molecular formula is C22H32O4. The zero-order valence-electron chi connectivity index (χ0n) is 16.3. The summed E-state index contributed by atoms with van der Waals surface area (Å²) in [4.78, 5) is 11.9. The molecule has 1 fully saturated rings. The summed E-state index contributed by atoms with van der Waals surface area (Å²) in [6.45, 7) is 4.34. The number of methoxy groups -OCH3 is 1. The van der Waals surface area contributed by atoms with Gasteiger partial charge in [0.1, 0.15) is 0 Å². The van der Waals surface area contributed by atoms with E-state index in [2.05, 4.69) is 13.8 Å². The number of aliphatic hydroxyl groups excluding tert-OH is 1. The van der Waals surface area contributed by atoms with Crippen molar-refractivity contribution in [3.05, 3.63) is 34.9 Å². The van der Waals surface area contributed by atoms with Gasteiger partial charge in [-0.05, 0) is 79.5 Å². The SMILES string of the molecule is CCC[C@@]1(O)CC[C@@]2(CC)c3ccc(C(=O)OC)cc3C(O)CC[C@H]2C1. The molecule has 2 aliphatic rings. The topological polar surface area (TPSA) is 66.8 Å². The number of hydrogen-bond donors (Lipinski definition) is 2. The molecule has 0 bridgehead atoms. The molecule has 4 heteroatoms. The molecule has 0 saturated heterocycles. The first kappa shape index (κ1) is 19.4. The van der Waals surface area contributed by atoms with E-state index in [4.69, 9.17) is 4.74 Å². The van der Waals surface area contributed by atoms with Crippen LogP contribution in [0.5, 0.6) is 0 Å². The minimum Gasteiger partial charge on any atom is -0.465 e. The largest absolute Gasteiger partial charge is 0.465 e. The van der Waals surface area contributed by atoms with E-state index in [1.165, 1.54) is 12.7 Å². The highest BCUT2D eigenvalue weighted by Gasteiger charge is 2.50. The van der Waals surface area contributed by atoms with Gasteiger partial charge in [0.05, 0.1) is 24.4 Å². The number of fused-ring (bicyclic) bond motifs is 3. The van der Waals surface area contributed by atoms with Crippen LogP contribution in [0.25, 0.3) is 0 Å². The van der Waals surface area contributed by atoms with E-state index in [9.17, 15) is 15.0 Å². The summed E-state index contributed by atoms with van der Waals surface area (Å²) < 4.78 is 4.85. The third-order valence-corrected chi connectivity index (χ3v) is 6.95. The minimum atomic E-state index is -0.570. The summed E-state index contributed by atoms with van der Waals surface area (Å²) in [7, 11) is 1.38. The van der Waals surface area contributed by atoms with E-state index < -0.39 is 11.7 Å². The van der Waals surface area contributed by atoms with Gasteiger partial charge in [-0.15, -0.1) is 0 Å². The van der Waals surface area contributed by atoms with Gasteiger partial charge in [-0.3, -0.25) is 0 Å². The number of aliphatic hydroxyl groups is 2. The molecule has 4 atom stereocenters. The predicted octanol–water partition coefficient (Wildman–Crippen LogP) is 4.28. The lowest BCUT2D eigenvalue weighted by atomic mass is 9.56. The van der Waals surface area contributed by atoms with Crippen LogP contribution in [0.2, 0.25) is 0 Å². The highest BCUT2D eigenvalue weighted by Crippen LogP contribution is 2.55. The lowest BCUT2D eigenvalue weighted by Gasteiger charge is -2.50. The maximum Gasteiger partial charge on any atom is 0.337 e. The Kier molecular flexibility index (Phi) is 5.45. The van der Waals surface area contributed by atoms with Crippen LogP contribution >= 0.6 is 0 Å². The smallest absolute Gasteiger partial charge is 0.337 e. The molecule has 0 aliphatic heterocycles. The standard InChI is InChI=1S/C22H32O4/c1-4-10-21(25)11-12-22(5-2)16(14-21)7-9-19(23)17-13-15(20(24)26-3)6-8-18(17)22/h6,8,13,16,19,23,25H,4-5,7,9-12,14H2,1-3H3/t16-,19?,21+,22+/m0/s1. The molecule has 144 valence electrons. The van der Waals surface area contributed by atoms with Crippen molar-refractivity contribution in [2.24, 2.45) is 5.92 Å². The van der Waals surface area contributed by atoms with Gasteiger partial charge in [-0.25, -0.2) is 4.79 Å². The van der Waals surface area contributed by atoms with E-state index >= 15 is 0 Å². The van der Waals surface area contributed by atoms with Gasteiger partial charge in [0, 0.05) is 0 Å². The zero-order chi connectivity index (χ0) is 18.9. The lowest BCUT2D eigenvalue weighted by Crippen LogP contribution is -2.47. The van der Waals surface area contributed by atoms with Gasteiger partial charge in [-0.1, -0.05) is 26.3 Å². The zero-order valence-corrected chi connectivity index (χ0v) is 16.3. The minimum absolute atomic E-state index is 0.0264. The molecule has 1 unspecified atom stereocenters. The molecule has 1 aromatic rings. The average Bonchev–Trinajstić information content (AvgIpc) is 2.76. The maximum atomic E-state index is 11.9. The molecule has 1 aromatic carbocycles. The van der Waals surface area contributed by atoms with Crippen LogP contribution in [0.15, 0.2) is 18.2 Å². The molecule has 2 aliphatic carbocycles. The van der Waals surface area contributed by atoms with Gasteiger partial charge in [0.15, 0.2) is 0 Å². The fourth-order valence-corrected chi connectivity index (χ4v) is 5.55. The summed E-state index contributed by atoms with van der Waals surface area (Å²) in [6, 6.07) is 5.67. The summed E-state index contributed by atoms with van der Waals surface area (Å²) in [5.74, 6) is -0.00927. The van der Waals surface area contributed by atoms with Gasteiger partial charge in [0.25, 0.3) is 0 Å². The van der Waals surface area contributed by atoms with Gasteiger partial charge >= 0.3 is 5.97 Å². The van der Waals surface area contributed by atoms with E-state index in [-0.39, 0.29) is 11.4 Å². The van der Waals surface area contributed by atoms with Crippen molar-refractivity contribution < 1.29 is 19.7 Å². The van der Waals surface area contributed by atoms with Crippen LogP contribution in [-0.4, -0.2) is 28.9 Å². The first-order valence-corrected chi connectivity index (χ1v) is 10.0. The van der Waals surface area contributed by atoms with Crippen LogP contribution in [0.4, 0.5) is 0 Å². The molecule has 0 radical (unpaired) electrons. The molecule has 0 aromatic heterocycles. The number of benzene rings is 1. The number of carbonyl (C=O) groups excluding carboxylic acids is 1. The lowest BCUT2D eigenvalue weighted by molar-refractivity contribution is -0.0549. The van der Waals surface area contributed by atoms with Crippen molar-refractivity contribution in [2.45, 2.75) is 82.3 Å². The number of esters is 1. The number of carbonyl (C=O) groups is 1. The molecular weight excluding hydrogens is 328 g/mol. The number of ether oxygens (including phenoxy) is 1. The highest BCUT2D eigenvalue weighted by atomic mass is 16.5. The third-order valence-electron chi connectivity index (χ3n) is 6.95. The summed E-state index contributed by atoms with van der Waals surface area (Å²) in [5.41, 5.74) is 1.94. The van der Waals surface area contributed by atoms with Crippen molar-refractivity contribution in [2.75, 3.05) is 7.11 Å². The second kappa shape index (κ2) is 7.32. The first-order valence-electron chi connectivity index (χ1n) is 10.0. The van der Waals surface area contributed by atoms with Gasteiger partial charge < -0.3 is 14.9 Å². The van der Waals surface area contributed by atoms with Crippen molar-refractivity contribution in [1.82, 2.24) is 0 Å². The third kappa shape index (κ3) is 3.18. The van der Waals surface area contributed by atoms with Crippen molar-refractivity contribution >= 4 is 5.97 Å². The monoisotopic (exact) mass is 360 g/mol. The molecule has 0 heterocycles. The maximum absolute atomic E-state index is 11.9. The van der Waals surface area contributed by atoms with Crippen molar-refractivity contribution in [3.63, 3.8) is 0 Å². The van der Waals surface area contributed by atoms with Crippen LogP contribution < -0.4 is 0 Å². The van der Waals surface area contributed by atoms with Crippen LogP contribution in [0, 0.1) is 5.92 Å². The Labute approximate surface area is 156 Å². The van der Waals surface area contributed by atoms with E-state index in [1.807, 2.05) is 18.2 Å². The molecule has 4 nitrogen and oxygen atoms in total. The Morgan fingerprint density at radius 2 is 2.04 bits per heavy atom. The second-order valence-corrected chi connectivity index (χ2v) is 8.27. The molecule has 3 rings (SSSR count). The van der Waals surface area contributed by atoms with Gasteiger partial charge in [0.2, 0.25) is 0 Å². The number of rotatable bonds is 4. The Balaban J connectivity index is 2.05. The van der Waals surface area contributed by atoms with Crippen molar-refractivity contribution in [3.8, 4) is 0 Å². The Hall–Kier alpha value is -1.39. The predicted molar refractivity (Wildman–Crippen MR) is 101 cm³/mol. The van der Waals surface area contributed by atoms with E-state index in [1.54, 1.807) is 0 Å². The average molecular weight is 360 g/mol. The first-order chi connectivity index (χ1) is 12.4. The normalized spacial score (nSPS) is 33.7. The highest BCUT2D eigenvalue weighted by molar-refractivity contribution is 5.89. The quantitative estimate of drug-likeness (QED) is 0.787. The van der Waals surface area contributed by atoms with E-state index in [0.717, 1.165) is 50.5 Å². The summed E-state index contributed by atoms with van der Waals surface area (Å²) in [6.07, 6.45) is 6.38. The Bertz CT molecular complexity index is 670. The molecule has 0 spiro atoms.